The van der Waals surface area contributed by atoms with E-state index in [0.717, 1.165) is 33.8 Å². The molecule has 0 radical (unpaired) electrons. The van der Waals surface area contributed by atoms with Crippen molar-refractivity contribution in [1.82, 2.24) is 4.57 Å². The fraction of sp³-hybridized carbons (Fsp3) is 0. The summed E-state index contributed by atoms with van der Waals surface area (Å²) in [6.45, 7) is 0. The molecule has 0 aliphatic rings. The van der Waals surface area contributed by atoms with Gasteiger partial charge in [-0.2, -0.15) is 0 Å². The van der Waals surface area contributed by atoms with Crippen LogP contribution in [0.3, 0.4) is 0 Å². The van der Waals surface area contributed by atoms with Crippen molar-refractivity contribution in [2.45, 2.75) is 0 Å². The first kappa shape index (κ1) is 19.2. The maximum Gasteiger partial charge on any atom is 0.119 e. The van der Waals surface area contributed by atoms with Crippen LogP contribution in [0.2, 0.25) is 0 Å². The molecule has 0 spiro atoms. The monoisotopic (exact) mass is 426 g/mol. The van der Waals surface area contributed by atoms with Gasteiger partial charge in [0.1, 0.15) is 5.75 Å². The molecule has 0 bridgehead atoms. The Morgan fingerprint density at radius 2 is 0.970 bits per heavy atom. The van der Waals surface area contributed by atoms with Crippen LogP contribution in [0, 0.1) is 0 Å². The molecule has 1 N–H and O–H groups in total. The Hall–Kier alpha value is -4.50. The molecule has 3 nitrogen and oxygen atoms in total. The van der Waals surface area contributed by atoms with E-state index in [2.05, 4.69) is 88.3 Å². The van der Waals surface area contributed by atoms with Crippen molar-refractivity contribution in [3.63, 3.8) is 0 Å². The van der Waals surface area contributed by atoms with Crippen molar-refractivity contribution in [2.24, 2.45) is 0 Å². The highest BCUT2D eigenvalue weighted by molar-refractivity contribution is 6.09. The van der Waals surface area contributed by atoms with Crippen molar-refractivity contribution in [3.05, 3.63) is 127 Å². The first-order chi connectivity index (χ1) is 16.3. The van der Waals surface area contributed by atoms with Gasteiger partial charge in [0.05, 0.1) is 22.4 Å². The number of rotatable bonds is 4. The van der Waals surface area contributed by atoms with Crippen LogP contribution in [0.5, 0.6) is 5.75 Å². The number of phenols is 1. The van der Waals surface area contributed by atoms with E-state index in [0.29, 0.717) is 0 Å². The van der Waals surface area contributed by atoms with Gasteiger partial charge in [-0.05, 0) is 42.5 Å². The number of anilines is 3. The molecule has 3 heteroatoms. The maximum atomic E-state index is 10.8. The Morgan fingerprint density at radius 1 is 0.485 bits per heavy atom. The summed E-state index contributed by atoms with van der Waals surface area (Å²) in [5, 5.41) is 13.2. The fourth-order valence-corrected chi connectivity index (χ4v) is 4.64. The smallest absolute Gasteiger partial charge is 0.119 e. The minimum atomic E-state index is 0.223. The van der Waals surface area contributed by atoms with Crippen molar-refractivity contribution in [1.29, 1.82) is 0 Å². The van der Waals surface area contributed by atoms with Crippen LogP contribution in [-0.2, 0) is 0 Å². The number of aromatic nitrogens is 1. The first-order valence-corrected chi connectivity index (χ1v) is 11.0. The first-order valence-electron chi connectivity index (χ1n) is 11.0. The highest BCUT2D eigenvalue weighted by Gasteiger charge is 2.17. The zero-order valence-electron chi connectivity index (χ0n) is 18.0. The lowest BCUT2D eigenvalue weighted by Crippen LogP contribution is -2.10. The Bertz CT molecular complexity index is 1480. The second-order valence-corrected chi connectivity index (χ2v) is 8.08. The van der Waals surface area contributed by atoms with E-state index in [9.17, 15) is 5.11 Å². The Kier molecular flexibility index (Phi) is 4.59. The summed E-state index contributed by atoms with van der Waals surface area (Å²) in [5.41, 5.74) is 6.09. The fourth-order valence-electron chi connectivity index (χ4n) is 4.64. The van der Waals surface area contributed by atoms with E-state index in [-0.39, 0.29) is 5.75 Å². The topological polar surface area (TPSA) is 28.4 Å². The largest absolute Gasteiger partial charge is 0.508 e. The summed E-state index contributed by atoms with van der Waals surface area (Å²) in [6, 6.07) is 43.1. The number of benzene rings is 5. The van der Waals surface area contributed by atoms with Crippen molar-refractivity contribution < 1.29 is 5.11 Å². The molecule has 158 valence electrons. The minimum Gasteiger partial charge on any atom is -0.508 e. The molecular formula is C30H22N2O. The Balaban J connectivity index is 1.62. The molecule has 0 saturated carbocycles. The molecule has 0 saturated heterocycles. The lowest BCUT2D eigenvalue weighted by atomic mass is 10.1. The Morgan fingerprint density at radius 3 is 1.52 bits per heavy atom. The van der Waals surface area contributed by atoms with Gasteiger partial charge in [-0.1, -0.05) is 72.8 Å². The summed E-state index contributed by atoms with van der Waals surface area (Å²) in [7, 11) is 0. The Labute approximate surface area is 192 Å². The number of hydrogen-bond acceptors (Lipinski definition) is 2. The molecule has 1 aromatic heterocycles. The molecule has 33 heavy (non-hydrogen) atoms. The molecule has 5 aromatic carbocycles. The SMILES string of the molecule is Oc1cc(N(c2ccccc2)c2ccccc2)cc(-n2c3ccccc3c3ccccc32)c1. The highest BCUT2D eigenvalue weighted by atomic mass is 16.3. The second-order valence-electron chi connectivity index (χ2n) is 8.08. The van der Waals surface area contributed by atoms with Gasteiger partial charge in [-0.15, -0.1) is 0 Å². The number of fused-ring (bicyclic) bond motifs is 3. The lowest BCUT2D eigenvalue weighted by Gasteiger charge is -2.26. The van der Waals surface area contributed by atoms with E-state index in [1.807, 2.05) is 48.5 Å². The molecule has 0 amide bonds. The molecule has 1 heterocycles. The van der Waals surface area contributed by atoms with Crippen LogP contribution >= 0.6 is 0 Å². The van der Waals surface area contributed by atoms with Crippen LogP contribution in [-0.4, -0.2) is 9.67 Å². The minimum absolute atomic E-state index is 0.223. The van der Waals surface area contributed by atoms with Crippen LogP contribution in [0.1, 0.15) is 0 Å². The van der Waals surface area contributed by atoms with Gasteiger partial charge in [0, 0.05) is 34.3 Å². The van der Waals surface area contributed by atoms with Gasteiger partial charge in [0.2, 0.25) is 0 Å². The van der Waals surface area contributed by atoms with E-state index in [4.69, 9.17) is 0 Å². The molecule has 0 aliphatic carbocycles. The van der Waals surface area contributed by atoms with E-state index < -0.39 is 0 Å². The third-order valence-corrected chi connectivity index (χ3v) is 6.01. The maximum absolute atomic E-state index is 10.8. The van der Waals surface area contributed by atoms with Gasteiger partial charge in [0.25, 0.3) is 0 Å². The summed E-state index contributed by atoms with van der Waals surface area (Å²) >= 11 is 0. The summed E-state index contributed by atoms with van der Waals surface area (Å²) in [5.74, 6) is 0.223. The lowest BCUT2D eigenvalue weighted by molar-refractivity contribution is 0.475. The molecule has 6 rings (SSSR count). The van der Waals surface area contributed by atoms with Gasteiger partial charge in [-0.3, -0.25) is 0 Å². The quantitative estimate of drug-likeness (QED) is 0.310. The zero-order chi connectivity index (χ0) is 22.2. The molecule has 6 aromatic rings. The van der Waals surface area contributed by atoms with Crippen molar-refractivity contribution in [3.8, 4) is 11.4 Å². The third kappa shape index (κ3) is 3.31. The number of para-hydroxylation sites is 4. The number of phenolic OH excluding ortho intramolecular Hbond substituents is 1. The zero-order valence-corrected chi connectivity index (χ0v) is 18.0. The van der Waals surface area contributed by atoms with Crippen LogP contribution < -0.4 is 4.90 Å². The summed E-state index contributed by atoms with van der Waals surface area (Å²) in [4.78, 5) is 2.16. The number of hydrogen-bond donors (Lipinski definition) is 1. The van der Waals surface area contributed by atoms with E-state index in [1.54, 1.807) is 0 Å². The van der Waals surface area contributed by atoms with Gasteiger partial charge in [-0.25, -0.2) is 0 Å². The van der Waals surface area contributed by atoms with Gasteiger partial charge in [0.15, 0.2) is 0 Å². The van der Waals surface area contributed by atoms with Crippen molar-refractivity contribution >= 4 is 38.9 Å². The van der Waals surface area contributed by atoms with E-state index >= 15 is 0 Å². The average Bonchev–Trinajstić information content (AvgIpc) is 3.20. The highest BCUT2D eigenvalue weighted by Crippen LogP contribution is 2.39. The van der Waals surface area contributed by atoms with E-state index in [1.165, 1.54) is 10.8 Å². The average molecular weight is 427 g/mol. The van der Waals surface area contributed by atoms with Crippen molar-refractivity contribution in [2.75, 3.05) is 4.90 Å². The molecule has 0 atom stereocenters. The van der Waals surface area contributed by atoms with Crippen LogP contribution in [0.25, 0.3) is 27.5 Å². The number of aromatic hydroxyl groups is 1. The van der Waals surface area contributed by atoms with Crippen LogP contribution in [0.15, 0.2) is 127 Å². The summed E-state index contributed by atoms with van der Waals surface area (Å²) in [6.07, 6.45) is 0. The summed E-state index contributed by atoms with van der Waals surface area (Å²) < 4.78 is 2.22. The third-order valence-electron chi connectivity index (χ3n) is 6.01. The molecule has 0 fully saturated rings. The molecule has 0 unspecified atom stereocenters. The second kappa shape index (κ2) is 7.88. The van der Waals surface area contributed by atoms with Gasteiger partial charge < -0.3 is 14.6 Å². The molecule has 0 aliphatic heterocycles. The number of nitrogens with zero attached hydrogens (tertiary/aromatic N) is 2. The predicted octanol–water partition coefficient (Wildman–Crippen LogP) is 7.96. The van der Waals surface area contributed by atoms with Crippen LogP contribution in [0.4, 0.5) is 17.1 Å². The predicted molar refractivity (Wildman–Crippen MR) is 137 cm³/mol. The standard InChI is InChI=1S/C30H22N2O/c33-26-20-24(31(22-11-3-1-4-12-22)23-13-5-2-6-14-23)19-25(21-26)32-29-17-9-7-15-27(29)28-16-8-10-18-30(28)32/h1-21,33H. The van der Waals surface area contributed by atoms with Gasteiger partial charge >= 0.3 is 0 Å². The normalized spacial score (nSPS) is 11.2. The molecular weight excluding hydrogens is 404 g/mol.